The van der Waals surface area contributed by atoms with Gasteiger partial charge in [0.15, 0.2) is 0 Å². The third-order valence-electron chi connectivity index (χ3n) is 4.18. The highest BCUT2D eigenvalue weighted by atomic mass is 35.5. The molecule has 1 aliphatic carbocycles. The molecule has 3 atom stereocenters. The Hall–Kier alpha value is -1.27. The number of benzene rings is 1. The molecule has 1 saturated carbocycles. The average molecular weight is 359 g/mol. The van der Waals surface area contributed by atoms with Crippen molar-refractivity contribution in [1.82, 2.24) is 5.32 Å². The number of methoxy groups -OCH3 is 1. The van der Waals surface area contributed by atoms with Crippen molar-refractivity contribution in [2.75, 3.05) is 18.6 Å². The van der Waals surface area contributed by atoms with Gasteiger partial charge in [0.25, 0.3) is 5.91 Å². The Morgan fingerprint density at radius 2 is 2.22 bits per heavy atom. The van der Waals surface area contributed by atoms with Crippen molar-refractivity contribution < 1.29 is 13.7 Å². The minimum atomic E-state index is -0.820. The van der Waals surface area contributed by atoms with Crippen molar-refractivity contribution >= 4 is 34.0 Å². The first-order valence-corrected chi connectivity index (χ1v) is 9.53. The van der Waals surface area contributed by atoms with E-state index in [0.717, 1.165) is 25.7 Å². The van der Waals surface area contributed by atoms with Gasteiger partial charge in [0.05, 0.1) is 23.4 Å². The Bertz CT molecular complexity index is 609. The highest BCUT2D eigenvalue weighted by Crippen LogP contribution is 2.29. The summed E-state index contributed by atoms with van der Waals surface area (Å²) in [7, 11) is 0.667. The monoisotopic (exact) mass is 358 g/mol. The van der Waals surface area contributed by atoms with Crippen LogP contribution in [0.2, 0.25) is 5.02 Å². The third kappa shape index (κ3) is 4.38. The molecular weight excluding hydrogens is 336 g/mol. The van der Waals surface area contributed by atoms with Gasteiger partial charge in [0.2, 0.25) is 0 Å². The SMILES string of the molecule is CCS(=O)C1CCCC(NC(=O)c2cc(Cl)c(N)cc2OC)C1. The summed E-state index contributed by atoms with van der Waals surface area (Å²) in [6, 6.07) is 3.10. The summed E-state index contributed by atoms with van der Waals surface area (Å²) in [4.78, 5) is 12.5. The van der Waals surface area contributed by atoms with Gasteiger partial charge in [-0.15, -0.1) is 0 Å². The average Bonchev–Trinajstić information content (AvgIpc) is 2.56. The van der Waals surface area contributed by atoms with E-state index in [1.54, 1.807) is 6.07 Å². The molecule has 0 heterocycles. The number of ether oxygens (including phenoxy) is 1. The van der Waals surface area contributed by atoms with Crippen LogP contribution >= 0.6 is 11.6 Å². The van der Waals surface area contributed by atoms with Gasteiger partial charge in [-0.25, -0.2) is 0 Å². The van der Waals surface area contributed by atoms with Crippen LogP contribution in [0.15, 0.2) is 12.1 Å². The van der Waals surface area contributed by atoms with Gasteiger partial charge in [0.1, 0.15) is 5.75 Å². The topological polar surface area (TPSA) is 81.4 Å². The van der Waals surface area contributed by atoms with E-state index in [0.29, 0.717) is 27.8 Å². The van der Waals surface area contributed by atoms with Crippen molar-refractivity contribution in [1.29, 1.82) is 0 Å². The van der Waals surface area contributed by atoms with Crippen LogP contribution in [0.3, 0.4) is 0 Å². The second kappa shape index (κ2) is 8.02. The fraction of sp³-hybridized carbons (Fsp3) is 0.562. The summed E-state index contributed by atoms with van der Waals surface area (Å²) in [5, 5.41) is 3.50. The predicted molar refractivity (Wildman–Crippen MR) is 94.6 cm³/mol. The van der Waals surface area contributed by atoms with Gasteiger partial charge in [-0.05, 0) is 25.3 Å². The zero-order valence-electron chi connectivity index (χ0n) is 13.4. The van der Waals surface area contributed by atoms with E-state index >= 15 is 0 Å². The smallest absolute Gasteiger partial charge is 0.255 e. The van der Waals surface area contributed by atoms with E-state index in [2.05, 4.69) is 5.32 Å². The Morgan fingerprint density at radius 1 is 1.48 bits per heavy atom. The maximum atomic E-state index is 12.5. The quantitative estimate of drug-likeness (QED) is 0.793. The molecule has 23 heavy (non-hydrogen) atoms. The molecule has 1 aromatic rings. The van der Waals surface area contributed by atoms with Crippen LogP contribution in [0.5, 0.6) is 5.75 Å². The largest absolute Gasteiger partial charge is 0.496 e. The first-order valence-electron chi connectivity index (χ1n) is 7.77. The molecule has 0 spiro atoms. The van der Waals surface area contributed by atoms with Gasteiger partial charge in [-0.3, -0.25) is 9.00 Å². The predicted octanol–water partition coefficient (Wildman–Crippen LogP) is 2.74. The van der Waals surface area contributed by atoms with E-state index in [4.69, 9.17) is 22.1 Å². The summed E-state index contributed by atoms with van der Waals surface area (Å²) in [5.74, 6) is 0.817. The lowest BCUT2D eigenvalue weighted by Gasteiger charge is -2.29. The molecule has 0 bridgehead atoms. The number of hydrogen-bond donors (Lipinski definition) is 2. The summed E-state index contributed by atoms with van der Waals surface area (Å²) in [6.07, 6.45) is 3.58. The summed E-state index contributed by atoms with van der Waals surface area (Å²) < 4.78 is 17.2. The molecule has 2 rings (SSSR count). The minimum Gasteiger partial charge on any atom is -0.496 e. The lowest BCUT2D eigenvalue weighted by molar-refractivity contribution is 0.0925. The molecule has 1 aliphatic rings. The van der Waals surface area contributed by atoms with Gasteiger partial charge >= 0.3 is 0 Å². The number of amides is 1. The van der Waals surface area contributed by atoms with E-state index in [1.807, 2.05) is 6.92 Å². The lowest BCUT2D eigenvalue weighted by Crippen LogP contribution is -2.41. The maximum Gasteiger partial charge on any atom is 0.255 e. The second-order valence-corrected chi connectivity index (χ2v) is 8.12. The third-order valence-corrected chi connectivity index (χ3v) is 6.25. The van der Waals surface area contributed by atoms with E-state index < -0.39 is 10.8 Å². The van der Waals surface area contributed by atoms with Crippen LogP contribution in [0.1, 0.15) is 43.0 Å². The van der Waals surface area contributed by atoms with Crippen molar-refractivity contribution in [2.24, 2.45) is 0 Å². The van der Waals surface area contributed by atoms with E-state index in [-0.39, 0.29) is 17.2 Å². The number of nitrogens with one attached hydrogen (secondary N) is 1. The standard InChI is InChI=1S/C16H23ClN2O3S/c1-3-23(21)11-6-4-5-10(7-11)19-16(20)12-8-13(17)14(18)9-15(12)22-2/h8-11H,3-7,18H2,1-2H3,(H,19,20). The molecule has 0 saturated heterocycles. The van der Waals surface area contributed by atoms with Crippen LogP contribution in [0.25, 0.3) is 0 Å². The van der Waals surface area contributed by atoms with Gasteiger partial charge in [-0.1, -0.05) is 24.9 Å². The van der Waals surface area contributed by atoms with Gasteiger partial charge in [-0.2, -0.15) is 0 Å². The molecule has 1 amide bonds. The zero-order chi connectivity index (χ0) is 17.0. The molecule has 5 nitrogen and oxygen atoms in total. The Balaban J connectivity index is 2.10. The van der Waals surface area contributed by atoms with Crippen molar-refractivity contribution in [3.05, 3.63) is 22.7 Å². The Labute approximate surface area is 144 Å². The summed E-state index contributed by atoms with van der Waals surface area (Å²) in [6.45, 7) is 1.93. The fourth-order valence-corrected chi connectivity index (χ4v) is 4.44. The molecule has 3 unspecified atom stereocenters. The Morgan fingerprint density at radius 3 is 2.87 bits per heavy atom. The number of nitrogen functional groups attached to an aromatic ring is 1. The van der Waals surface area contributed by atoms with E-state index in [1.165, 1.54) is 13.2 Å². The Kier molecular flexibility index (Phi) is 6.30. The van der Waals surface area contributed by atoms with Crippen LogP contribution < -0.4 is 15.8 Å². The fourth-order valence-electron chi connectivity index (χ4n) is 2.93. The highest BCUT2D eigenvalue weighted by Gasteiger charge is 2.27. The zero-order valence-corrected chi connectivity index (χ0v) is 15.0. The van der Waals surface area contributed by atoms with Gasteiger partial charge < -0.3 is 15.8 Å². The number of rotatable bonds is 5. The first kappa shape index (κ1) is 18.1. The number of hydrogen-bond acceptors (Lipinski definition) is 4. The maximum absolute atomic E-state index is 12.5. The molecule has 0 radical (unpaired) electrons. The lowest BCUT2D eigenvalue weighted by atomic mass is 9.94. The molecular formula is C16H23ClN2O3S. The molecule has 1 aromatic carbocycles. The van der Waals surface area contributed by atoms with E-state index in [9.17, 15) is 9.00 Å². The van der Waals surface area contributed by atoms with Crippen LogP contribution in [0.4, 0.5) is 5.69 Å². The highest BCUT2D eigenvalue weighted by molar-refractivity contribution is 7.85. The van der Waals surface area contributed by atoms with Crippen molar-refractivity contribution in [2.45, 2.75) is 43.9 Å². The van der Waals surface area contributed by atoms with Gasteiger partial charge in [0, 0.05) is 33.9 Å². The summed E-state index contributed by atoms with van der Waals surface area (Å²) >= 11 is 6.01. The van der Waals surface area contributed by atoms with Crippen LogP contribution in [0, 0.1) is 0 Å². The normalized spacial score (nSPS) is 22.4. The van der Waals surface area contributed by atoms with Crippen molar-refractivity contribution in [3.63, 3.8) is 0 Å². The number of anilines is 1. The number of nitrogens with two attached hydrogens (primary N) is 1. The number of carbonyl (C=O) groups excluding carboxylic acids is 1. The molecule has 3 N–H and O–H groups in total. The number of carbonyl (C=O) groups is 1. The molecule has 0 aliphatic heterocycles. The van der Waals surface area contributed by atoms with Crippen molar-refractivity contribution in [3.8, 4) is 5.75 Å². The second-order valence-electron chi connectivity index (χ2n) is 5.70. The number of halogens is 1. The molecule has 1 fully saturated rings. The summed E-state index contributed by atoms with van der Waals surface area (Å²) in [5.41, 5.74) is 6.48. The molecule has 128 valence electrons. The first-order chi connectivity index (χ1) is 11.0. The van der Waals surface area contributed by atoms with Crippen LogP contribution in [-0.4, -0.2) is 34.3 Å². The minimum absolute atomic E-state index is 0.0257. The molecule has 0 aromatic heterocycles. The molecule has 7 heteroatoms. The van der Waals surface area contributed by atoms with Crippen LogP contribution in [-0.2, 0) is 10.8 Å².